The molecule has 2 aromatic carbocycles. The molecule has 3 nitrogen and oxygen atoms in total. The van der Waals surface area contributed by atoms with Crippen molar-refractivity contribution in [3.63, 3.8) is 0 Å². The first-order valence-corrected chi connectivity index (χ1v) is 9.10. The minimum atomic E-state index is -0.0896. The molecular weight excluding hydrogens is 357 g/mol. The Balaban J connectivity index is 1.77. The molecule has 0 saturated carbocycles. The summed E-state index contributed by atoms with van der Waals surface area (Å²) in [6, 6.07) is 11.1. The Kier molecular flexibility index (Phi) is 7.15. The third-order valence-electron chi connectivity index (χ3n) is 3.83. The first-order valence-electron chi connectivity index (χ1n) is 8.34. The second-order valence-corrected chi connectivity index (χ2v) is 7.20. The zero-order valence-corrected chi connectivity index (χ0v) is 16.2. The summed E-state index contributed by atoms with van der Waals surface area (Å²) in [5.74, 6) is 1.25. The molecule has 0 fully saturated rings. The number of hydrogen-bond acceptors (Lipinski definition) is 2. The van der Waals surface area contributed by atoms with Crippen LogP contribution in [0.4, 0.5) is 5.69 Å². The van der Waals surface area contributed by atoms with Gasteiger partial charge in [0.25, 0.3) is 0 Å². The quantitative estimate of drug-likeness (QED) is 0.579. The van der Waals surface area contributed by atoms with Gasteiger partial charge in [-0.05, 0) is 60.7 Å². The monoisotopic (exact) mass is 379 g/mol. The number of amides is 1. The van der Waals surface area contributed by atoms with Crippen LogP contribution in [0.25, 0.3) is 0 Å². The molecule has 25 heavy (non-hydrogen) atoms. The maximum Gasteiger partial charge on any atom is 0.224 e. The lowest BCUT2D eigenvalue weighted by atomic mass is 9.98. The van der Waals surface area contributed by atoms with Crippen molar-refractivity contribution < 1.29 is 9.53 Å². The van der Waals surface area contributed by atoms with Crippen LogP contribution in [-0.4, -0.2) is 12.5 Å². The van der Waals surface area contributed by atoms with Gasteiger partial charge in [-0.15, -0.1) is 0 Å². The summed E-state index contributed by atoms with van der Waals surface area (Å²) in [5.41, 5.74) is 3.15. The summed E-state index contributed by atoms with van der Waals surface area (Å²) < 4.78 is 5.74. The topological polar surface area (TPSA) is 38.3 Å². The van der Waals surface area contributed by atoms with Crippen LogP contribution in [-0.2, 0) is 4.79 Å². The molecule has 0 heterocycles. The number of benzene rings is 2. The minimum absolute atomic E-state index is 0.0896. The number of ether oxygens (including phenoxy) is 1. The number of hydrogen-bond donors (Lipinski definition) is 1. The van der Waals surface area contributed by atoms with E-state index in [9.17, 15) is 4.79 Å². The van der Waals surface area contributed by atoms with Crippen molar-refractivity contribution in [3.8, 4) is 5.75 Å². The number of carbonyl (C=O) groups is 1. The second-order valence-electron chi connectivity index (χ2n) is 6.33. The van der Waals surface area contributed by atoms with Gasteiger partial charge in [0, 0.05) is 22.2 Å². The summed E-state index contributed by atoms with van der Waals surface area (Å²) in [7, 11) is 0. The fourth-order valence-corrected chi connectivity index (χ4v) is 3.18. The van der Waals surface area contributed by atoms with Gasteiger partial charge < -0.3 is 10.1 Å². The van der Waals surface area contributed by atoms with Crippen LogP contribution in [0.15, 0.2) is 36.4 Å². The van der Waals surface area contributed by atoms with Gasteiger partial charge in [0.2, 0.25) is 5.91 Å². The maximum absolute atomic E-state index is 12.0. The molecule has 1 N–H and O–H groups in total. The normalized spacial score (nSPS) is 10.8. The lowest BCUT2D eigenvalue weighted by Crippen LogP contribution is -2.12. The van der Waals surface area contributed by atoms with Crippen LogP contribution in [0.5, 0.6) is 5.75 Å². The van der Waals surface area contributed by atoms with E-state index in [1.807, 2.05) is 12.1 Å². The molecule has 0 aromatic heterocycles. The standard InChI is InChI=1S/C20H23Cl2NO2/c1-13(2)19-7-6-18(9-14(19)3)25-8-4-5-20(24)23-17-11-15(21)10-16(22)12-17/h6-7,9-13H,4-5,8H2,1-3H3,(H,23,24). The van der Waals surface area contributed by atoms with Gasteiger partial charge in [-0.1, -0.05) is 43.1 Å². The van der Waals surface area contributed by atoms with E-state index in [-0.39, 0.29) is 5.91 Å². The fourth-order valence-electron chi connectivity index (χ4n) is 2.66. The van der Waals surface area contributed by atoms with E-state index < -0.39 is 0 Å². The number of halogens is 2. The van der Waals surface area contributed by atoms with E-state index in [4.69, 9.17) is 27.9 Å². The SMILES string of the molecule is Cc1cc(OCCCC(=O)Nc2cc(Cl)cc(Cl)c2)ccc1C(C)C. The Hall–Kier alpha value is -1.71. The zero-order chi connectivity index (χ0) is 18.4. The molecule has 0 radical (unpaired) electrons. The molecule has 0 aliphatic heterocycles. The van der Waals surface area contributed by atoms with Crippen molar-refractivity contribution in [2.24, 2.45) is 0 Å². The van der Waals surface area contributed by atoms with E-state index in [0.717, 1.165) is 5.75 Å². The van der Waals surface area contributed by atoms with Gasteiger partial charge >= 0.3 is 0 Å². The van der Waals surface area contributed by atoms with Crippen molar-refractivity contribution in [3.05, 3.63) is 57.6 Å². The molecular formula is C20H23Cl2NO2. The van der Waals surface area contributed by atoms with Crippen molar-refractivity contribution in [1.82, 2.24) is 0 Å². The predicted molar refractivity (Wildman–Crippen MR) is 105 cm³/mol. The Morgan fingerprint density at radius 3 is 2.40 bits per heavy atom. The summed E-state index contributed by atoms with van der Waals surface area (Å²) in [6.45, 7) is 6.93. The molecule has 1 amide bonds. The van der Waals surface area contributed by atoms with Gasteiger partial charge in [0.15, 0.2) is 0 Å². The van der Waals surface area contributed by atoms with Gasteiger partial charge in [-0.2, -0.15) is 0 Å². The van der Waals surface area contributed by atoms with E-state index in [0.29, 0.717) is 41.1 Å². The number of nitrogens with one attached hydrogen (secondary N) is 1. The van der Waals surface area contributed by atoms with E-state index >= 15 is 0 Å². The van der Waals surface area contributed by atoms with Crippen LogP contribution in [0.3, 0.4) is 0 Å². The Bertz CT molecular complexity index is 724. The predicted octanol–water partition coefficient (Wildman–Crippen LogP) is 6.22. The zero-order valence-electron chi connectivity index (χ0n) is 14.7. The van der Waals surface area contributed by atoms with Crippen LogP contribution < -0.4 is 10.1 Å². The summed E-state index contributed by atoms with van der Waals surface area (Å²) in [4.78, 5) is 12.0. The Morgan fingerprint density at radius 1 is 1.12 bits per heavy atom. The maximum atomic E-state index is 12.0. The third kappa shape index (κ3) is 6.26. The first kappa shape index (κ1) is 19.6. The van der Waals surface area contributed by atoms with Crippen molar-refractivity contribution >= 4 is 34.8 Å². The van der Waals surface area contributed by atoms with Crippen molar-refractivity contribution in [2.75, 3.05) is 11.9 Å². The lowest BCUT2D eigenvalue weighted by Gasteiger charge is -2.12. The third-order valence-corrected chi connectivity index (χ3v) is 4.26. The van der Waals surface area contributed by atoms with Gasteiger partial charge in [-0.25, -0.2) is 0 Å². The van der Waals surface area contributed by atoms with E-state index in [2.05, 4.69) is 32.2 Å². The smallest absolute Gasteiger partial charge is 0.224 e. The largest absolute Gasteiger partial charge is 0.494 e. The molecule has 0 atom stereocenters. The molecule has 0 aliphatic rings. The highest BCUT2D eigenvalue weighted by molar-refractivity contribution is 6.35. The van der Waals surface area contributed by atoms with E-state index in [1.165, 1.54) is 11.1 Å². The Labute approximate surface area is 159 Å². The van der Waals surface area contributed by atoms with Crippen LogP contribution in [0.2, 0.25) is 10.0 Å². The molecule has 134 valence electrons. The molecule has 2 aromatic rings. The highest BCUT2D eigenvalue weighted by Crippen LogP contribution is 2.24. The van der Waals surface area contributed by atoms with Crippen LogP contribution in [0.1, 0.15) is 43.7 Å². The van der Waals surface area contributed by atoms with Gasteiger partial charge in [0.05, 0.1) is 6.61 Å². The average Bonchev–Trinajstić information content (AvgIpc) is 2.50. The van der Waals surface area contributed by atoms with Crippen molar-refractivity contribution in [2.45, 2.75) is 39.5 Å². The molecule has 0 unspecified atom stereocenters. The molecule has 0 bridgehead atoms. The Morgan fingerprint density at radius 2 is 1.80 bits per heavy atom. The summed E-state index contributed by atoms with van der Waals surface area (Å²) in [6.07, 6.45) is 0.998. The van der Waals surface area contributed by atoms with Crippen LogP contribution >= 0.6 is 23.2 Å². The lowest BCUT2D eigenvalue weighted by molar-refractivity contribution is -0.116. The van der Waals surface area contributed by atoms with Crippen LogP contribution in [0, 0.1) is 6.92 Å². The second kappa shape index (κ2) is 9.12. The molecule has 0 aliphatic carbocycles. The molecule has 0 saturated heterocycles. The fraction of sp³-hybridized carbons (Fsp3) is 0.350. The van der Waals surface area contributed by atoms with Gasteiger partial charge in [-0.3, -0.25) is 4.79 Å². The molecule has 5 heteroatoms. The molecule has 0 spiro atoms. The number of aryl methyl sites for hydroxylation is 1. The van der Waals surface area contributed by atoms with Gasteiger partial charge in [0.1, 0.15) is 5.75 Å². The summed E-state index contributed by atoms with van der Waals surface area (Å²) in [5, 5.41) is 3.77. The minimum Gasteiger partial charge on any atom is -0.494 e. The van der Waals surface area contributed by atoms with E-state index in [1.54, 1.807) is 18.2 Å². The highest BCUT2D eigenvalue weighted by atomic mass is 35.5. The highest BCUT2D eigenvalue weighted by Gasteiger charge is 2.07. The molecule has 2 rings (SSSR count). The first-order chi connectivity index (χ1) is 11.8. The summed E-state index contributed by atoms with van der Waals surface area (Å²) >= 11 is 11.8. The number of rotatable bonds is 7. The number of anilines is 1. The van der Waals surface area contributed by atoms with Crippen molar-refractivity contribution in [1.29, 1.82) is 0 Å². The number of carbonyl (C=O) groups excluding carboxylic acids is 1. The average molecular weight is 380 g/mol.